The number of aryl methyl sites for hydroxylation is 2. The summed E-state index contributed by atoms with van der Waals surface area (Å²) in [6, 6.07) is 1.81. The summed E-state index contributed by atoms with van der Waals surface area (Å²) >= 11 is 0. The molecule has 0 aliphatic carbocycles. The van der Waals surface area contributed by atoms with Gasteiger partial charge in [0.15, 0.2) is 0 Å². The van der Waals surface area contributed by atoms with Gasteiger partial charge in [-0.1, -0.05) is 0 Å². The molecular formula is C12H14FNO3. The van der Waals surface area contributed by atoms with Crippen molar-refractivity contribution >= 4 is 11.9 Å². The van der Waals surface area contributed by atoms with Crippen LogP contribution in [-0.2, 0) is 4.79 Å². The minimum atomic E-state index is -1.12. The first kappa shape index (κ1) is 13.2. The first-order valence-electron chi connectivity index (χ1n) is 5.13. The molecule has 0 bridgehead atoms. The number of rotatable bonds is 3. The Labute approximate surface area is 98.5 Å². The second kappa shape index (κ2) is 4.95. The lowest BCUT2D eigenvalue weighted by molar-refractivity contribution is -0.138. The largest absolute Gasteiger partial charge is 0.480 e. The normalized spacial score (nSPS) is 12.0. The molecule has 0 aromatic heterocycles. The fourth-order valence-electron chi connectivity index (χ4n) is 1.42. The van der Waals surface area contributed by atoms with Crippen molar-refractivity contribution in [3.05, 3.63) is 34.6 Å². The molecule has 1 aromatic carbocycles. The molecule has 1 atom stereocenters. The SMILES string of the molecule is Cc1cc(C(=O)NC(C)C(=O)O)cc(C)c1F. The molecule has 2 N–H and O–H groups in total. The molecule has 1 amide bonds. The van der Waals surface area contributed by atoms with Crippen LogP contribution in [-0.4, -0.2) is 23.0 Å². The Morgan fingerprint density at radius 3 is 2.18 bits per heavy atom. The van der Waals surface area contributed by atoms with Crippen molar-refractivity contribution in [1.82, 2.24) is 5.32 Å². The van der Waals surface area contributed by atoms with Crippen molar-refractivity contribution in [3.8, 4) is 0 Å². The van der Waals surface area contributed by atoms with Gasteiger partial charge in [-0.3, -0.25) is 9.59 Å². The van der Waals surface area contributed by atoms with E-state index in [4.69, 9.17) is 5.11 Å². The molecule has 1 rings (SSSR count). The monoisotopic (exact) mass is 239 g/mol. The van der Waals surface area contributed by atoms with Gasteiger partial charge in [-0.25, -0.2) is 4.39 Å². The molecule has 0 heterocycles. The first-order valence-corrected chi connectivity index (χ1v) is 5.13. The van der Waals surface area contributed by atoms with Gasteiger partial charge < -0.3 is 10.4 Å². The zero-order chi connectivity index (χ0) is 13.2. The lowest BCUT2D eigenvalue weighted by Gasteiger charge is -2.10. The molecule has 0 radical (unpaired) electrons. The summed E-state index contributed by atoms with van der Waals surface area (Å²) in [5.41, 5.74) is 0.978. The minimum Gasteiger partial charge on any atom is -0.480 e. The number of benzene rings is 1. The van der Waals surface area contributed by atoms with E-state index < -0.39 is 17.9 Å². The van der Waals surface area contributed by atoms with Crippen molar-refractivity contribution in [2.24, 2.45) is 0 Å². The maximum Gasteiger partial charge on any atom is 0.325 e. The molecule has 0 aliphatic heterocycles. The molecule has 0 spiro atoms. The number of carboxylic acid groups (broad SMARTS) is 1. The van der Waals surface area contributed by atoms with Gasteiger partial charge in [0.05, 0.1) is 0 Å². The number of aliphatic carboxylic acids is 1. The highest BCUT2D eigenvalue weighted by atomic mass is 19.1. The minimum absolute atomic E-state index is 0.259. The summed E-state index contributed by atoms with van der Waals surface area (Å²) in [5, 5.41) is 11.0. The highest BCUT2D eigenvalue weighted by Gasteiger charge is 2.16. The Hall–Kier alpha value is -1.91. The van der Waals surface area contributed by atoms with Crippen LogP contribution in [0.3, 0.4) is 0 Å². The lowest BCUT2D eigenvalue weighted by atomic mass is 10.1. The topological polar surface area (TPSA) is 66.4 Å². The smallest absolute Gasteiger partial charge is 0.325 e. The molecule has 17 heavy (non-hydrogen) atoms. The maximum atomic E-state index is 13.3. The van der Waals surface area contributed by atoms with Crippen LogP contribution in [0.15, 0.2) is 12.1 Å². The quantitative estimate of drug-likeness (QED) is 0.842. The van der Waals surface area contributed by atoms with Gasteiger partial charge in [0.25, 0.3) is 5.91 Å². The number of carbonyl (C=O) groups excluding carboxylic acids is 1. The third-order valence-corrected chi connectivity index (χ3v) is 2.42. The molecule has 0 aliphatic rings. The van der Waals surface area contributed by atoms with Crippen molar-refractivity contribution in [1.29, 1.82) is 0 Å². The van der Waals surface area contributed by atoms with E-state index in [1.807, 2.05) is 0 Å². The summed E-state index contributed by atoms with van der Waals surface area (Å²) in [6.07, 6.45) is 0. The van der Waals surface area contributed by atoms with Crippen LogP contribution in [0.4, 0.5) is 4.39 Å². The number of hydrogen-bond donors (Lipinski definition) is 2. The van der Waals surface area contributed by atoms with Gasteiger partial charge in [0.1, 0.15) is 11.9 Å². The fourth-order valence-corrected chi connectivity index (χ4v) is 1.42. The third kappa shape index (κ3) is 3.03. The van der Waals surface area contributed by atoms with Gasteiger partial charge in [-0.15, -0.1) is 0 Å². The summed E-state index contributed by atoms with van der Waals surface area (Å²) in [6.45, 7) is 4.48. The summed E-state index contributed by atoms with van der Waals surface area (Å²) in [4.78, 5) is 22.3. The number of carboxylic acids is 1. The Morgan fingerprint density at radius 1 is 1.29 bits per heavy atom. The van der Waals surface area contributed by atoms with Gasteiger partial charge >= 0.3 is 5.97 Å². The Balaban J connectivity index is 2.94. The number of hydrogen-bond acceptors (Lipinski definition) is 2. The Morgan fingerprint density at radius 2 is 1.76 bits per heavy atom. The van der Waals surface area contributed by atoms with E-state index in [1.165, 1.54) is 19.1 Å². The average Bonchev–Trinajstić information content (AvgIpc) is 2.24. The second-order valence-corrected chi connectivity index (χ2v) is 3.96. The van der Waals surface area contributed by atoms with Gasteiger partial charge in [-0.05, 0) is 44.0 Å². The standard InChI is InChI=1S/C12H14FNO3/c1-6-4-9(5-7(2)10(6)13)11(15)14-8(3)12(16)17/h4-5,8H,1-3H3,(H,14,15)(H,16,17). The van der Waals surface area contributed by atoms with E-state index in [2.05, 4.69) is 5.32 Å². The number of carbonyl (C=O) groups is 2. The molecule has 1 unspecified atom stereocenters. The van der Waals surface area contributed by atoms with Crippen molar-refractivity contribution in [2.75, 3.05) is 0 Å². The molecular weight excluding hydrogens is 225 g/mol. The van der Waals surface area contributed by atoms with E-state index in [-0.39, 0.29) is 11.4 Å². The number of amides is 1. The zero-order valence-corrected chi connectivity index (χ0v) is 9.87. The summed E-state index contributed by atoms with van der Waals surface area (Å²) < 4.78 is 13.3. The Kier molecular flexibility index (Phi) is 3.83. The maximum absolute atomic E-state index is 13.3. The highest BCUT2D eigenvalue weighted by molar-refractivity contribution is 5.96. The number of halogens is 1. The van der Waals surface area contributed by atoms with Gasteiger partial charge in [0.2, 0.25) is 0 Å². The molecule has 0 fully saturated rings. The van der Waals surface area contributed by atoms with Crippen molar-refractivity contribution in [2.45, 2.75) is 26.8 Å². The van der Waals surface area contributed by atoms with Crippen LogP contribution in [0, 0.1) is 19.7 Å². The summed E-state index contributed by atoms with van der Waals surface area (Å²) in [5.74, 6) is -1.99. The molecule has 5 heteroatoms. The zero-order valence-electron chi connectivity index (χ0n) is 9.87. The second-order valence-electron chi connectivity index (χ2n) is 3.96. The molecule has 92 valence electrons. The van der Waals surface area contributed by atoms with Gasteiger partial charge in [0, 0.05) is 5.56 Å². The predicted octanol–water partition coefficient (Wildman–Crippen LogP) is 1.65. The molecule has 0 saturated carbocycles. The van der Waals surface area contributed by atoms with Crippen LogP contribution in [0.5, 0.6) is 0 Å². The average molecular weight is 239 g/mol. The first-order chi connectivity index (χ1) is 7.82. The van der Waals surface area contributed by atoms with E-state index in [1.54, 1.807) is 13.8 Å². The van der Waals surface area contributed by atoms with E-state index >= 15 is 0 Å². The highest BCUT2D eigenvalue weighted by Crippen LogP contribution is 2.14. The van der Waals surface area contributed by atoms with Crippen LogP contribution in [0.2, 0.25) is 0 Å². The molecule has 4 nitrogen and oxygen atoms in total. The predicted molar refractivity (Wildman–Crippen MR) is 60.4 cm³/mol. The molecule has 1 aromatic rings. The fraction of sp³-hybridized carbons (Fsp3) is 0.333. The third-order valence-electron chi connectivity index (χ3n) is 2.42. The van der Waals surface area contributed by atoms with E-state index in [9.17, 15) is 14.0 Å². The van der Waals surface area contributed by atoms with E-state index in [0.29, 0.717) is 11.1 Å². The van der Waals surface area contributed by atoms with Gasteiger partial charge in [-0.2, -0.15) is 0 Å². The van der Waals surface area contributed by atoms with Crippen LogP contribution >= 0.6 is 0 Å². The van der Waals surface area contributed by atoms with Crippen LogP contribution in [0.25, 0.3) is 0 Å². The number of nitrogens with one attached hydrogen (secondary N) is 1. The lowest BCUT2D eigenvalue weighted by Crippen LogP contribution is -2.38. The van der Waals surface area contributed by atoms with Crippen molar-refractivity contribution < 1.29 is 19.1 Å². The van der Waals surface area contributed by atoms with Crippen molar-refractivity contribution in [3.63, 3.8) is 0 Å². The van der Waals surface area contributed by atoms with Crippen LogP contribution < -0.4 is 5.32 Å². The Bertz CT molecular complexity index is 448. The van der Waals surface area contributed by atoms with E-state index in [0.717, 1.165) is 0 Å². The molecule has 0 saturated heterocycles. The van der Waals surface area contributed by atoms with Crippen LogP contribution in [0.1, 0.15) is 28.4 Å². The summed E-state index contributed by atoms with van der Waals surface area (Å²) in [7, 11) is 0.